The van der Waals surface area contributed by atoms with Gasteiger partial charge < -0.3 is 0 Å². The Hall–Kier alpha value is -0.0200. The molecular weight excluding hydrogens is 161 g/mol. The summed E-state index contributed by atoms with van der Waals surface area (Å²) in [6, 6.07) is 0. The molecule has 0 aromatic rings. The van der Waals surface area contributed by atoms with E-state index in [2.05, 4.69) is 9.80 Å². The van der Waals surface area contributed by atoms with E-state index in [1.165, 1.54) is 26.2 Å². The van der Waals surface area contributed by atoms with Gasteiger partial charge in [-0.05, 0) is 0 Å². The topological polar surface area (TPSA) is 26.3 Å². The average molecular weight is 173 g/mol. The Morgan fingerprint density at radius 1 is 1.09 bits per heavy atom. The molecule has 2 aliphatic rings. The molecule has 0 radical (unpaired) electrons. The lowest BCUT2D eigenvalue weighted by atomic mass is 10.9. The van der Waals surface area contributed by atoms with Crippen molar-refractivity contribution < 1.29 is 4.57 Å². The second kappa shape index (κ2) is 3.15. The van der Waals surface area contributed by atoms with Gasteiger partial charge >= 0.3 is 0 Å². The highest BCUT2D eigenvalue weighted by molar-refractivity contribution is 7.20. The summed E-state index contributed by atoms with van der Waals surface area (Å²) in [5.41, 5.74) is 0. The van der Waals surface area contributed by atoms with Crippen molar-refractivity contribution in [3.05, 3.63) is 0 Å². The summed E-state index contributed by atoms with van der Waals surface area (Å²) in [4.78, 5) is 4.52. The third-order valence-electron chi connectivity index (χ3n) is 1.92. The van der Waals surface area contributed by atoms with E-state index in [1.807, 2.05) is 4.67 Å². The number of hydrogen-bond donors (Lipinski definition) is 0. The lowest BCUT2D eigenvalue weighted by Gasteiger charge is -2.13. The zero-order valence-corrected chi connectivity index (χ0v) is 7.33. The van der Waals surface area contributed by atoms with Crippen molar-refractivity contribution in [2.75, 3.05) is 39.5 Å². The second-order valence-corrected chi connectivity index (χ2v) is 3.84. The molecule has 0 spiro atoms. The fourth-order valence-electron chi connectivity index (χ4n) is 0.982. The van der Waals surface area contributed by atoms with Crippen LogP contribution in [0, 0.1) is 0 Å². The van der Waals surface area contributed by atoms with Crippen molar-refractivity contribution in [1.82, 2.24) is 14.5 Å². The first-order chi connectivity index (χ1) is 5.38. The van der Waals surface area contributed by atoms with Crippen LogP contribution in [0.15, 0.2) is 0 Å². The van der Waals surface area contributed by atoms with Crippen LogP contribution in [0.25, 0.3) is 0 Å². The van der Waals surface area contributed by atoms with Crippen LogP contribution in [0.1, 0.15) is 0 Å². The third kappa shape index (κ3) is 2.49. The summed E-state index contributed by atoms with van der Waals surface area (Å²) < 4.78 is 12.5. The maximum Gasteiger partial charge on any atom is 0.251 e. The number of rotatable bonds is 5. The smallest absolute Gasteiger partial charge is 0.251 e. The van der Waals surface area contributed by atoms with Crippen LogP contribution in [-0.2, 0) is 4.57 Å². The van der Waals surface area contributed by atoms with Crippen LogP contribution in [0.5, 0.6) is 0 Å². The fraction of sp³-hybridized carbons (Fsp3) is 1.00. The van der Waals surface area contributed by atoms with Gasteiger partial charge in [0.15, 0.2) is 0 Å². The maximum atomic E-state index is 10.6. The van der Waals surface area contributed by atoms with Crippen molar-refractivity contribution in [1.29, 1.82) is 0 Å². The highest BCUT2D eigenvalue weighted by atomic mass is 31.1. The van der Waals surface area contributed by atoms with Crippen molar-refractivity contribution >= 4 is 8.61 Å². The summed E-state index contributed by atoms with van der Waals surface area (Å²) in [5.74, 6) is 0. The quantitative estimate of drug-likeness (QED) is 0.433. The van der Waals surface area contributed by atoms with E-state index in [0.29, 0.717) is 0 Å². The monoisotopic (exact) mass is 173 g/mol. The Labute approximate surface area is 68.0 Å². The van der Waals surface area contributed by atoms with Gasteiger partial charge in [-0.2, -0.15) is 4.67 Å². The summed E-state index contributed by atoms with van der Waals surface area (Å²) in [7, 11) is 0.161. The molecule has 0 N–H and O–H groups in total. The van der Waals surface area contributed by atoms with Gasteiger partial charge in [-0.25, -0.2) is 0 Å². The Bertz CT molecular complexity index is 144. The highest BCUT2D eigenvalue weighted by Crippen LogP contribution is 2.15. The lowest BCUT2D eigenvalue weighted by molar-refractivity contribution is 0.281. The minimum Gasteiger partial charge on any atom is -0.287 e. The summed E-state index contributed by atoms with van der Waals surface area (Å²) in [5, 5.41) is 0. The van der Waals surface area contributed by atoms with Crippen LogP contribution in [0.2, 0.25) is 0 Å². The van der Waals surface area contributed by atoms with Gasteiger partial charge in [0.25, 0.3) is 8.61 Å². The van der Waals surface area contributed by atoms with Gasteiger partial charge in [0.05, 0.1) is 13.3 Å². The van der Waals surface area contributed by atoms with Gasteiger partial charge in [0, 0.05) is 26.2 Å². The van der Waals surface area contributed by atoms with E-state index < -0.39 is 0 Å². The molecular formula is C6H12N3OP. The van der Waals surface area contributed by atoms with Crippen LogP contribution >= 0.6 is 8.61 Å². The number of nitrogens with zero attached hydrogens (tertiary/aromatic N) is 3. The Morgan fingerprint density at radius 2 is 1.55 bits per heavy atom. The molecule has 4 nitrogen and oxygen atoms in total. The van der Waals surface area contributed by atoms with Crippen molar-refractivity contribution in [3.8, 4) is 0 Å². The van der Waals surface area contributed by atoms with Gasteiger partial charge in [-0.1, -0.05) is 0 Å². The predicted octanol–water partition coefficient (Wildman–Crippen LogP) is 0.0413. The van der Waals surface area contributed by atoms with Crippen LogP contribution in [0.4, 0.5) is 0 Å². The first-order valence-electron chi connectivity index (χ1n) is 3.91. The SMILES string of the molecule is O=PN(CN1CC1)CN1CC1. The predicted molar refractivity (Wildman–Crippen MR) is 42.3 cm³/mol. The fourth-order valence-corrected chi connectivity index (χ4v) is 1.44. The van der Waals surface area contributed by atoms with E-state index in [4.69, 9.17) is 0 Å². The summed E-state index contributed by atoms with van der Waals surface area (Å²) >= 11 is 0. The van der Waals surface area contributed by atoms with Crippen LogP contribution in [0.3, 0.4) is 0 Å². The maximum absolute atomic E-state index is 10.6. The third-order valence-corrected chi connectivity index (χ3v) is 2.41. The van der Waals surface area contributed by atoms with E-state index in [9.17, 15) is 4.57 Å². The Kier molecular flexibility index (Phi) is 2.18. The van der Waals surface area contributed by atoms with E-state index >= 15 is 0 Å². The minimum absolute atomic E-state index is 0.161. The lowest BCUT2D eigenvalue weighted by Crippen LogP contribution is -2.25. The molecule has 0 aromatic carbocycles. The Morgan fingerprint density at radius 3 is 1.82 bits per heavy atom. The molecule has 0 bridgehead atoms. The number of hydrogen-bond acceptors (Lipinski definition) is 3. The molecule has 0 unspecified atom stereocenters. The van der Waals surface area contributed by atoms with Crippen molar-refractivity contribution in [2.24, 2.45) is 0 Å². The van der Waals surface area contributed by atoms with Gasteiger partial charge in [-0.15, -0.1) is 0 Å². The van der Waals surface area contributed by atoms with Gasteiger partial charge in [0.1, 0.15) is 0 Å². The summed E-state index contributed by atoms with van der Waals surface area (Å²) in [6.45, 7) is 6.42. The zero-order valence-electron chi connectivity index (χ0n) is 6.44. The van der Waals surface area contributed by atoms with Crippen molar-refractivity contribution in [3.63, 3.8) is 0 Å². The molecule has 62 valence electrons. The van der Waals surface area contributed by atoms with Crippen molar-refractivity contribution in [2.45, 2.75) is 0 Å². The molecule has 2 saturated heterocycles. The normalized spacial score (nSPS) is 24.8. The molecule has 0 aromatic heterocycles. The van der Waals surface area contributed by atoms with Gasteiger partial charge in [0.2, 0.25) is 0 Å². The molecule has 2 rings (SSSR count). The van der Waals surface area contributed by atoms with Crippen LogP contribution in [-0.4, -0.2) is 54.0 Å². The second-order valence-electron chi connectivity index (χ2n) is 3.11. The molecule has 0 saturated carbocycles. The molecule has 11 heavy (non-hydrogen) atoms. The standard InChI is InChI=1S/C6H12N3OP/c10-11-9(5-7-1-2-7)6-8-3-4-8/h1-6H2. The molecule has 0 atom stereocenters. The highest BCUT2D eigenvalue weighted by Gasteiger charge is 2.25. The van der Waals surface area contributed by atoms with E-state index in [-0.39, 0.29) is 8.61 Å². The average Bonchev–Trinajstić information content (AvgIpc) is 2.78. The molecule has 2 fully saturated rings. The van der Waals surface area contributed by atoms with E-state index in [0.717, 1.165) is 13.3 Å². The molecule has 0 amide bonds. The molecule has 5 heteroatoms. The molecule has 2 aliphatic heterocycles. The zero-order chi connectivity index (χ0) is 7.68. The minimum atomic E-state index is 0.161. The largest absolute Gasteiger partial charge is 0.287 e. The van der Waals surface area contributed by atoms with Gasteiger partial charge in [-0.3, -0.25) is 14.4 Å². The first-order valence-corrected chi connectivity index (χ1v) is 4.68. The Balaban J connectivity index is 1.69. The van der Waals surface area contributed by atoms with Crippen LogP contribution < -0.4 is 0 Å². The first kappa shape index (κ1) is 7.62. The summed E-state index contributed by atoms with van der Waals surface area (Å²) in [6.07, 6.45) is 0. The molecule has 0 aliphatic carbocycles. The van der Waals surface area contributed by atoms with E-state index in [1.54, 1.807) is 0 Å². The molecule has 2 heterocycles.